The van der Waals surface area contributed by atoms with Gasteiger partial charge in [0, 0.05) is 12.1 Å². The zero-order valence-corrected chi connectivity index (χ0v) is 11.0. The third-order valence-corrected chi connectivity index (χ3v) is 3.29. The van der Waals surface area contributed by atoms with Crippen molar-refractivity contribution >= 4 is 0 Å². The van der Waals surface area contributed by atoms with Gasteiger partial charge in [-0.2, -0.15) is 0 Å². The Labute approximate surface area is 99.5 Å². The maximum absolute atomic E-state index is 5.64. The number of hydrogen-bond donors (Lipinski definition) is 1. The van der Waals surface area contributed by atoms with E-state index in [0.29, 0.717) is 0 Å². The van der Waals surface area contributed by atoms with Crippen molar-refractivity contribution in [2.45, 2.75) is 39.3 Å². The summed E-state index contributed by atoms with van der Waals surface area (Å²) in [5.41, 5.74) is 8.50. The standard InChI is InChI=1S/C14H24N2/c1-12-6-5-7-13(10-12)11-16(4)14(2,3)8-9-15/h5-7,10H,8-9,11,15H2,1-4H3. The molecule has 0 fully saturated rings. The van der Waals surface area contributed by atoms with Crippen LogP contribution in [0.2, 0.25) is 0 Å². The van der Waals surface area contributed by atoms with Crippen molar-refractivity contribution in [2.75, 3.05) is 13.6 Å². The lowest BCUT2D eigenvalue weighted by Gasteiger charge is -2.35. The molecule has 0 heterocycles. The van der Waals surface area contributed by atoms with Gasteiger partial charge in [0.05, 0.1) is 0 Å². The number of hydrogen-bond acceptors (Lipinski definition) is 2. The quantitative estimate of drug-likeness (QED) is 0.826. The molecule has 0 atom stereocenters. The van der Waals surface area contributed by atoms with Crippen LogP contribution < -0.4 is 5.73 Å². The summed E-state index contributed by atoms with van der Waals surface area (Å²) < 4.78 is 0. The molecule has 0 aliphatic carbocycles. The number of nitrogens with two attached hydrogens (primary N) is 1. The highest BCUT2D eigenvalue weighted by molar-refractivity contribution is 5.22. The molecule has 1 rings (SSSR count). The number of nitrogens with zero attached hydrogens (tertiary/aromatic N) is 1. The van der Waals surface area contributed by atoms with Crippen LogP contribution in [0.25, 0.3) is 0 Å². The van der Waals surface area contributed by atoms with Gasteiger partial charge in [-0.3, -0.25) is 4.90 Å². The summed E-state index contributed by atoms with van der Waals surface area (Å²) in [5.74, 6) is 0. The normalized spacial score (nSPS) is 12.1. The summed E-state index contributed by atoms with van der Waals surface area (Å²) in [5, 5.41) is 0. The first kappa shape index (κ1) is 13.2. The van der Waals surface area contributed by atoms with Gasteiger partial charge in [0.2, 0.25) is 0 Å². The van der Waals surface area contributed by atoms with Crippen LogP contribution >= 0.6 is 0 Å². The average molecular weight is 220 g/mol. The van der Waals surface area contributed by atoms with Crippen molar-refractivity contribution < 1.29 is 0 Å². The molecule has 0 saturated heterocycles. The fourth-order valence-electron chi connectivity index (χ4n) is 1.84. The summed E-state index contributed by atoms with van der Waals surface area (Å²) >= 11 is 0. The summed E-state index contributed by atoms with van der Waals surface area (Å²) in [6.45, 7) is 8.35. The van der Waals surface area contributed by atoms with Gasteiger partial charge in [0.1, 0.15) is 0 Å². The Morgan fingerprint density at radius 3 is 2.56 bits per heavy atom. The molecular weight excluding hydrogens is 196 g/mol. The van der Waals surface area contributed by atoms with Gasteiger partial charge in [-0.25, -0.2) is 0 Å². The van der Waals surface area contributed by atoms with Crippen LogP contribution in [0.1, 0.15) is 31.4 Å². The molecule has 1 aromatic rings. The summed E-state index contributed by atoms with van der Waals surface area (Å²) in [7, 11) is 2.16. The predicted molar refractivity (Wildman–Crippen MR) is 70.4 cm³/mol. The van der Waals surface area contributed by atoms with Gasteiger partial charge in [-0.05, 0) is 46.3 Å². The fraction of sp³-hybridized carbons (Fsp3) is 0.571. The van der Waals surface area contributed by atoms with E-state index in [9.17, 15) is 0 Å². The fourth-order valence-corrected chi connectivity index (χ4v) is 1.84. The van der Waals surface area contributed by atoms with Gasteiger partial charge in [-0.1, -0.05) is 29.8 Å². The van der Waals surface area contributed by atoms with E-state index >= 15 is 0 Å². The summed E-state index contributed by atoms with van der Waals surface area (Å²) in [4.78, 5) is 2.37. The lowest BCUT2D eigenvalue weighted by atomic mass is 9.98. The highest BCUT2D eigenvalue weighted by Gasteiger charge is 2.22. The molecule has 0 spiro atoms. The van der Waals surface area contributed by atoms with Crippen molar-refractivity contribution in [2.24, 2.45) is 5.73 Å². The molecule has 2 heteroatoms. The minimum Gasteiger partial charge on any atom is -0.330 e. The van der Waals surface area contributed by atoms with Crippen LogP contribution in [0.3, 0.4) is 0 Å². The first-order valence-electron chi connectivity index (χ1n) is 5.92. The van der Waals surface area contributed by atoms with Gasteiger partial charge in [-0.15, -0.1) is 0 Å². The molecule has 0 aliphatic rings. The van der Waals surface area contributed by atoms with Crippen LogP contribution in [-0.4, -0.2) is 24.0 Å². The van der Waals surface area contributed by atoms with Crippen LogP contribution in [0, 0.1) is 6.92 Å². The smallest absolute Gasteiger partial charge is 0.0236 e. The first-order chi connectivity index (χ1) is 7.45. The minimum absolute atomic E-state index is 0.165. The molecular formula is C14H24N2. The van der Waals surface area contributed by atoms with Crippen molar-refractivity contribution in [3.8, 4) is 0 Å². The van der Waals surface area contributed by atoms with Crippen molar-refractivity contribution in [3.63, 3.8) is 0 Å². The van der Waals surface area contributed by atoms with Crippen molar-refractivity contribution in [1.82, 2.24) is 4.90 Å². The van der Waals surface area contributed by atoms with E-state index in [1.54, 1.807) is 0 Å². The molecule has 1 aromatic carbocycles. The zero-order chi connectivity index (χ0) is 12.2. The zero-order valence-electron chi connectivity index (χ0n) is 11.0. The molecule has 90 valence electrons. The van der Waals surface area contributed by atoms with Crippen LogP contribution in [0.5, 0.6) is 0 Å². The van der Waals surface area contributed by atoms with E-state index < -0.39 is 0 Å². The Morgan fingerprint density at radius 1 is 1.31 bits per heavy atom. The lowest BCUT2D eigenvalue weighted by molar-refractivity contribution is 0.140. The molecule has 0 bridgehead atoms. The Hall–Kier alpha value is -0.860. The highest BCUT2D eigenvalue weighted by Crippen LogP contribution is 2.19. The van der Waals surface area contributed by atoms with E-state index in [1.807, 2.05) is 0 Å². The Kier molecular flexibility index (Phi) is 4.51. The largest absolute Gasteiger partial charge is 0.330 e. The lowest BCUT2D eigenvalue weighted by Crippen LogP contribution is -2.42. The van der Waals surface area contributed by atoms with Gasteiger partial charge >= 0.3 is 0 Å². The second kappa shape index (κ2) is 5.46. The Morgan fingerprint density at radius 2 is 2.00 bits per heavy atom. The van der Waals surface area contributed by atoms with Crippen LogP contribution in [-0.2, 0) is 6.54 Å². The van der Waals surface area contributed by atoms with Crippen LogP contribution in [0.15, 0.2) is 24.3 Å². The third-order valence-electron chi connectivity index (χ3n) is 3.29. The molecule has 2 nitrogen and oxygen atoms in total. The monoisotopic (exact) mass is 220 g/mol. The second-order valence-electron chi connectivity index (χ2n) is 5.20. The first-order valence-corrected chi connectivity index (χ1v) is 5.92. The Balaban J connectivity index is 2.67. The molecule has 16 heavy (non-hydrogen) atoms. The SMILES string of the molecule is Cc1cccc(CN(C)C(C)(C)CCN)c1. The molecule has 0 amide bonds. The van der Waals surface area contributed by atoms with Gasteiger partial charge in [0.25, 0.3) is 0 Å². The molecule has 0 aromatic heterocycles. The minimum atomic E-state index is 0.165. The third kappa shape index (κ3) is 3.62. The molecule has 0 saturated carbocycles. The molecule has 0 radical (unpaired) electrons. The molecule has 0 unspecified atom stereocenters. The summed E-state index contributed by atoms with van der Waals surface area (Å²) in [6.07, 6.45) is 1.02. The maximum Gasteiger partial charge on any atom is 0.0236 e. The van der Waals surface area contributed by atoms with Gasteiger partial charge < -0.3 is 5.73 Å². The number of benzene rings is 1. The van der Waals surface area contributed by atoms with Crippen molar-refractivity contribution in [1.29, 1.82) is 0 Å². The van der Waals surface area contributed by atoms with Crippen LogP contribution in [0.4, 0.5) is 0 Å². The van der Waals surface area contributed by atoms with Crippen molar-refractivity contribution in [3.05, 3.63) is 35.4 Å². The topological polar surface area (TPSA) is 29.3 Å². The van der Waals surface area contributed by atoms with E-state index in [0.717, 1.165) is 19.5 Å². The Bertz CT molecular complexity index is 331. The van der Waals surface area contributed by atoms with E-state index in [2.05, 4.69) is 57.0 Å². The van der Waals surface area contributed by atoms with E-state index in [1.165, 1.54) is 11.1 Å². The molecule has 0 aliphatic heterocycles. The van der Waals surface area contributed by atoms with Gasteiger partial charge in [0.15, 0.2) is 0 Å². The number of aryl methyl sites for hydroxylation is 1. The number of rotatable bonds is 5. The van der Waals surface area contributed by atoms with E-state index in [4.69, 9.17) is 5.73 Å². The maximum atomic E-state index is 5.64. The second-order valence-corrected chi connectivity index (χ2v) is 5.20. The van der Waals surface area contributed by atoms with E-state index in [-0.39, 0.29) is 5.54 Å². The summed E-state index contributed by atoms with van der Waals surface area (Å²) in [6, 6.07) is 8.68. The predicted octanol–water partition coefficient (Wildman–Crippen LogP) is 2.55. The highest BCUT2D eigenvalue weighted by atomic mass is 15.2. The molecule has 2 N–H and O–H groups in total. The average Bonchev–Trinajstić information content (AvgIpc) is 2.17.